The number of benzene rings is 1. The van der Waals surface area contributed by atoms with Crippen molar-refractivity contribution in [2.75, 3.05) is 17.6 Å². The predicted molar refractivity (Wildman–Crippen MR) is 98.9 cm³/mol. The second kappa shape index (κ2) is 10.3. The molecule has 0 aliphatic heterocycles. The standard InChI is InChI=1S/C16H20F2N4O2S2/c1-10(2)7-20-15-21-22-16(26-15)25-9-13(23)19-8-11-3-5-12(6-4-11)24-14(17)18/h3-6,10,14H,7-9H2,1-2H3,(H,19,23)(H,20,21). The normalized spacial score (nSPS) is 11.0. The van der Waals surface area contributed by atoms with Crippen LogP contribution in [-0.2, 0) is 11.3 Å². The Kier molecular flexibility index (Phi) is 8.05. The Labute approximate surface area is 158 Å². The summed E-state index contributed by atoms with van der Waals surface area (Å²) < 4.78 is 29.2. The van der Waals surface area contributed by atoms with Crippen molar-refractivity contribution >= 4 is 34.1 Å². The van der Waals surface area contributed by atoms with Crippen LogP contribution in [0, 0.1) is 5.92 Å². The number of alkyl halides is 2. The largest absolute Gasteiger partial charge is 0.435 e. The van der Waals surface area contributed by atoms with E-state index in [1.807, 2.05) is 0 Å². The number of anilines is 1. The van der Waals surface area contributed by atoms with Gasteiger partial charge < -0.3 is 15.4 Å². The summed E-state index contributed by atoms with van der Waals surface area (Å²) in [6, 6.07) is 6.13. The van der Waals surface area contributed by atoms with Gasteiger partial charge in [0.25, 0.3) is 0 Å². The van der Waals surface area contributed by atoms with E-state index in [1.54, 1.807) is 12.1 Å². The smallest absolute Gasteiger partial charge is 0.387 e. The van der Waals surface area contributed by atoms with Crippen LogP contribution in [0.25, 0.3) is 0 Å². The van der Waals surface area contributed by atoms with Crippen LogP contribution in [0.1, 0.15) is 19.4 Å². The minimum Gasteiger partial charge on any atom is -0.435 e. The highest BCUT2D eigenvalue weighted by molar-refractivity contribution is 8.01. The lowest BCUT2D eigenvalue weighted by atomic mass is 10.2. The Bertz CT molecular complexity index is 696. The molecular formula is C16H20F2N4O2S2. The minimum absolute atomic E-state index is 0.0868. The molecule has 0 bridgehead atoms. The number of thioether (sulfide) groups is 1. The van der Waals surface area contributed by atoms with E-state index < -0.39 is 6.61 Å². The van der Waals surface area contributed by atoms with Gasteiger partial charge in [-0.05, 0) is 23.6 Å². The van der Waals surface area contributed by atoms with Crippen LogP contribution < -0.4 is 15.4 Å². The van der Waals surface area contributed by atoms with Gasteiger partial charge in [0.1, 0.15) is 5.75 Å². The maximum absolute atomic E-state index is 12.1. The van der Waals surface area contributed by atoms with Crippen molar-refractivity contribution in [3.63, 3.8) is 0 Å². The molecule has 0 saturated carbocycles. The Morgan fingerprint density at radius 1 is 1.27 bits per heavy atom. The third-order valence-corrected chi connectivity index (χ3v) is 5.05. The van der Waals surface area contributed by atoms with Gasteiger partial charge in [-0.3, -0.25) is 4.79 Å². The van der Waals surface area contributed by atoms with Crippen LogP contribution in [0.5, 0.6) is 5.75 Å². The van der Waals surface area contributed by atoms with Gasteiger partial charge in [-0.1, -0.05) is 49.1 Å². The van der Waals surface area contributed by atoms with E-state index in [-0.39, 0.29) is 17.4 Å². The second-order valence-electron chi connectivity index (χ2n) is 5.74. The van der Waals surface area contributed by atoms with E-state index in [0.29, 0.717) is 12.5 Å². The Morgan fingerprint density at radius 3 is 2.65 bits per heavy atom. The zero-order valence-corrected chi connectivity index (χ0v) is 16.0. The molecule has 1 aromatic carbocycles. The van der Waals surface area contributed by atoms with E-state index in [0.717, 1.165) is 21.6 Å². The van der Waals surface area contributed by atoms with Gasteiger partial charge in [0, 0.05) is 13.1 Å². The molecule has 10 heteroatoms. The van der Waals surface area contributed by atoms with Crippen LogP contribution in [0.4, 0.5) is 13.9 Å². The monoisotopic (exact) mass is 402 g/mol. The number of nitrogens with one attached hydrogen (secondary N) is 2. The molecule has 26 heavy (non-hydrogen) atoms. The summed E-state index contributed by atoms with van der Waals surface area (Å²) in [5, 5.41) is 14.8. The first-order valence-electron chi connectivity index (χ1n) is 7.93. The minimum atomic E-state index is -2.85. The molecule has 0 spiro atoms. The Hall–Kier alpha value is -1.94. The van der Waals surface area contributed by atoms with Crippen LogP contribution in [0.2, 0.25) is 0 Å². The van der Waals surface area contributed by atoms with Gasteiger partial charge in [0.2, 0.25) is 11.0 Å². The van der Waals surface area contributed by atoms with Crippen molar-refractivity contribution in [1.82, 2.24) is 15.5 Å². The fraction of sp³-hybridized carbons (Fsp3) is 0.438. The highest BCUT2D eigenvalue weighted by Crippen LogP contribution is 2.25. The molecule has 1 aromatic heterocycles. The van der Waals surface area contributed by atoms with Crippen LogP contribution in [0.15, 0.2) is 28.6 Å². The van der Waals surface area contributed by atoms with Crippen molar-refractivity contribution in [3.05, 3.63) is 29.8 Å². The molecule has 0 radical (unpaired) electrons. The first-order chi connectivity index (χ1) is 12.4. The van der Waals surface area contributed by atoms with Gasteiger partial charge in [-0.15, -0.1) is 10.2 Å². The third-order valence-electron chi connectivity index (χ3n) is 3.03. The average molecular weight is 402 g/mol. The number of hydrogen-bond donors (Lipinski definition) is 2. The molecule has 0 unspecified atom stereocenters. The first kappa shape index (κ1) is 20.4. The van der Waals surface area contributed by atoms with Crippen molar-refractivity contribution in [2.24, 2.45) is 5.92 Å². The third kappa shape index (κ3) is 7.52. The number of aromatic nitrogens is 2. The molecule has 0 aliphatic rings. The Balaban J connectivity index is 1.70. The zero-order chi connectivity index (χ0) is 18.9. The molecule has 0 saturated heterocycles. The zero-order valence-electron chi connectivity index (χ0n) is 14.4. The lowest BCUT2D eigenvalue weighted by Gasteiger charge is -2.07. The molecule has 2 N–H and O–H groups in total. The maximum atomic E-state index is 12.1. The van der Waals surface area contributed by atoms with Crippen molar-refractivity contribution in [3.8, 4) is 5.75 Å². The van der Waals surface area contributed by atoms with E-state index >= 15 is 0 Å². The Morgan fingerprint density at radius 2 is 2.00 bits per heavy atom. The fourth-order valence-corrected chi connectivity index (χ4v) is 3.39. The van der Waals surface area contributed by atoms with E-state index in [1.165, 1.54) is 35.2 Å². The van der Waals surface area contributed by atoms with E-state index in [2.05, 4.69) is 39.4 Å². The van der Waals surface area contributed by atoms with Gasteiger partial charge in [0.05, 0.1) is 5.75 Å². The quantitative estimate of drug-likeness (QED) is 0.591. The summed E-state index contributed by atoms with van der Waals surface area (Å²) in [6.45, 7) is 2.49. The van der Waals surface area contributed by atoms with Gasteiger partial charge in [-0.25, -0.2) is 0 Å². The summed E-state index contributed by atoms with van der Waals surface area (Å²) in [4.78, 5) is 11.9. The topological polar surface area (TPSA) is 76.1 Å². The van der Waals surface area contributed by atoms with Crippen LogP contribution in [0.3, 0.4) is 0 Å². The summed E-state index contributed by atoms with van der Waals surface area (Å²) in [5.74, 6) is 0.682. The number of ether oxygens (including phenoxy) is 1. The van der Waals surface area contributed by atoms with Crippen molar-refractivity contribution < 1.29 is 18.3 Å². The fourth-order valence-electron chi connectivity index (χ4n) is 1.80. The molecule has 0 atom stereocenters. The SMILES string of the molecule is CC(C)CNc1nnc(SCC(=O)NCc2ccc(OC(F)F)cc2)s1. The lowest BCUT2D eigenvalue weighted by molar-refractivity contribution is -0.118. The number of carbonyl (C=O) groups excluding carboxylic acids is 1. The average Bonchev–Trinajstić information content (AvgIpc) is 3.05. The molecule has 6 nitrogen and oxygen atoms in total. The van der Waals surface area contributed by atoms with E-state index in [9.17, 15) is 13.6 Å². The molecule has 2 rings (SSSR count). The maximum Gasteiger partial charge on any atom is 0.387 e. The number of rotatable bonds is 10. The highest BCUT2D eigenvalue weighted by Gasteiger charge is 2.09. The molecule has 0 fully saturated rings. The van der Waals surface area contributed by atoms with Crippen LogP contribution >= 0.6 is 23.1 Å². The van der Waals surface area contributed by atoms with Gasteiger partial charge in [0.15, 0.2) is 4.34 Å². The van der Waals surface area contributed by atoms with Crippen molar-refractivity contribution in [1.29, 1.82) is 0 Å². The molecule has 2 aromatic rings. The summed E-state index contributed by atoms with van der Waals surface area (Å²) in [7, 11) is 0. The van der Waals surface area contributed by atoms with Gasteiger partial charge >= 0.3 is 6.61 Å². The molecular weight excluding hydrogens is 382 g/mol. The van der Waals surface area contributed by atoms with E-state index in [4.69, 9.17) is 0 Å². The summed E-state index contributed by atoms with van der Waals surface area (Å²) in [5.41, 5.74) is 0.793. The molecule has 0 aliphatic carbocycles. The number of halogens is 2. The number of carbonyl (C=O) groups is 1. The molecule has 142 valence electrons. The highest BCUT2D eigenvalue weighted by atomic mass is 32.2. The lowest BCUT2D eigenvalue weighted by Crippen LogP contribution is -2.24. The second-order valence-corrected chi connectivity index (χ2v) is 7.94. The number of hydrogen-bond acceptors (Lipinski definition) is 7. The number of amides is 1. The molecule has 1 heterocycles. The summed E-state index contributed by atoms with van der Waals surface area (Å²) >= 11 is 2.73. The molecule has 1 amide bonds. The van der Waals surface area contributed by atoms with Crippen LogP contribution in [-0.4, -0.2) is 35.0 Å². The summed E-state index contributed by atoms with van der Waals surface area (Å²) in [6.07, 6.45) is 0. The van der Waals surface area contributed by atoms with Crippen molar-refractivity contribution in [2.45, 2.75) is 31.3 Å². The predicted octanol–water partition coefficient (Wildman–Crippen LogP) is 3.62. The number of nitrogens with zero attached hydrogens (tertiary/aromatic N) is 2. The van der Waals surface area contributed by atoms with Gasteiger partial charge in [-0.2, -0.15) is 8.78 Å². The first-order valence-corrected chi connectivity index (χ1v) is 9.73.